The Morgan fingerprint density at radius 2 is 1.73 bits per heavy atom. The van der Waals surface area contributed by atoms with Crippen molar-refractivity contribution in [3.05, 3.63) is 54.1 Å². The van der Waals surface area contributed by atoms with E-state index in [1.54, 1.807) is 24.3 Å². The summed E-state index contributed by atoms with van der Waals surface area (Å²) in [6.07, 6.45) is 0.117. The third-order valence-corrected chi connectivity index (χ3v) is 3.42. The van der Waals surface area contributed by atoms with Crippen LogP contribution in [0, 0.1) is 6.92 Å². The van der Waals surface area contributed by atoms with Gasteiger partial charge in [-0.05, 0) is 49.2 Å². The molecule has 0 aliphatic rings. The Labute approximate surface area is 152 Å². The van der Waals surface area contributed by atoms with Gasteiger partial charge in [-0.3, -0.25) is 5.32 Å². The number of carbonyl (C=O) groups is 2. The van der Waals surface area contributed by atoms with Crippen LogP contribution in [-0.2, 0) is 4.74 Å². The summed E-state index contributed by atoms with van der Waals surface area (Å²) in [7, 11) is 1.29. The zero-order valence-corrected chi connectivity index (χ0v) is 14.9. The molecule has 0 atom stereocenters. The van der Waals surface area contributed by atoms with E-state index in [1.807, 2.05) is 31.2 Å². The van der Waals surface area contributed by atoms with Crippen LogP contribution in [0.1, 0.15) is 12.0 Å². The number of rotatable bonds is 7. The highest BCUT2D eigenvalue weighted by molar-refractivity contribution is 5.91. The number of amides is 3. The first-order valence-corrected chi connectivity index (χ1v) is 8.26. The summed E-state index contributed by atoms with van der Waals surface area (Å²) in [5.74, 6) is 0.823. The van der Waals surface area contributed by atoms with E-state index in [4.69, 9.17) is 4.74 Å². The average molecular weight is 357 g/mol. The van der Waals surface area contributed by atoms with E-state index in [0.29, 0.717) is 30.9 Å². The van der Waals surface area contributed by atoms with Gasteiger partial charge in [-0.2, -0.15) is 0 Å². The molecule has 0 bridgehead atoms. The lowest BCUT2D eigenvalue weighted by Gasteiger charge is -2.10. The van der Waals surface area contributed by atoms with E-state index in [0.717, 1.165) is 11.3 Å². The zero-order chi connectivity index (χ0) is 18.8. The van der Waals surface area contributed by atoms with E-state index in [1.165, 1.54) is 7.11 Å². The summed E-state index contributed by atoms with van der Waals surface area (Å²) >= 11 is 0. The second kappa shape index (κ2) is 9.93. The number of anilines is 2. The van der Waals surface area contributed by atoms with Gasteiger partial charge in [-0.15, -0.1) is 0 Å². The predicted molar refractivity (Wildman–Crippen MR) is 101 cm³/mol. The average Bonchev–Trinajstić information content (AvgIpc) is 2.61. The molecule has 0 fully saturated rings. The summed E-state index contributed by atoms with van der Waals surface area (Å²) in [5, 5.41) is 8.00. The lowest BCUT2D eigenvalue weighted by molar-refractivity contribution is 0.187. The van der Waals surface area contributed by atoms with Crippen molar-refractivity contribution >= 4 is 23.5 Å². The van der Waals surface area contributed by atoms with Gasteiger partial charge < -0.3 is 20.1 Å². The first-order chi connectivity index (χ1) is 12.6. The van der Waals surface area contributed by atoms with Crippen molar-refractivity contribution in [1.29, 1.82) is 0 Å². The van der Waals surface area contributed by atoms with Gasteiger partial charge in [-0.25, -0.2) is 9.59 Å². The van der Waals surface area contributed by atoms with Crippen molar-refractivity contribution in [3.8, 4) is 5.75 Å². The smallest absolute Gasteiger partial charge is 0.411 e. The number of hydrogen-bond acceptors (Lipinski definition) is 4. The first-order valence-electron chi connectivity index (χ1n) is 8.26. The molecular weight excluding hydrogens is 334 g/mol. The van der Waals surface area contributed by atoms with E-state index in [9.17, 15) is 9.59 Å². The van der Waals surface area contributed by atoms with Crippen molar-refractivity contribution in [2.75, 3.05) is 30.9 Å². The minimum Gasteiger partial charge on any atom is -0.494 e. The standard InChI is InChI=1S/C19H23N3O4/c1-14-6-3-9-17(12-14)26-11-5-10-20-18(23)21-15-7-4-8-16(13-15)22-19(24)25-2/h3-4,6-9,12-13H,5,10-11H2,1-2H3,(H,22,24)(H2,20,21,23). The Hall–Kier alpha value is -3.22. The lowest BCUT2D eigenvalue weighted by Crippen LogP contribution is -2.30. The van der Waals surface area contributed by atoms with Crippen LogP contribution in [0.3, 0.4) is 0 Å². The quantitative estimate of drug-likeness (QED) is 0.658. The number of carbonyl (C=O) groups excluding carboxylic acids is 2. The number of ether oxygens (including phenoxy) is 2. The van der Waals surface area contributed by atoms with E-state index in [2.05, 4.69) is 20.7 Å². The Morgan fingerprint density at radius 1 is 1.00 bits per heavy atom. The summed E-state index contributed by atoms with van der Waals surface area (Å²) in [6.45, 7) is 3.01. The molecular formula is C19H23N3O4. The predicted octanol–water partition coefficient (Wildman–Crippen LogP) is 3.76. The maximum Gasteiger partial charge on any atom is 0.411 e. The van der Waals surface area contributed by atoms with Crippen LogP contribution in [0.5, 0.6) is 5.75 Å². The third kappa shape index (κ3) is 6.72. The maximum atomic E-state index is 11.9. The minimum absolute atomic E-state index is 0.323. The van der Waals surface area contributed by atoms with E-state index in [-0.39, 0.29) is 6.03 Å². The molecule has 0 spiro atoms. The van der Waals surface area contributed by atoms with E-state index < -0.39 is 6.09 Å². The largest absolute Gasteiger partial charge is 0.494 e. The van der Waals surface area contributed by atoms with Gasteiger partial charge in [0.05, 0.1) is 13.7 Å². The second-order valence-corrected chi connectivity index (χ2v) is 5.60. The van der Waals surface area contributed by atoms with Crippen molar-refractivity contribution in [1.82, 2.24) is 5.32 Å². The number of aryl methyl sites for hydroxylation is 1. The molecule has 3 amide bonds. The summed E-state index contributed by atoms with van der Waals surface area (Å²) in [6, 6.07) is 14.3. The molecule has 7 nitrogen and oxygen atoms in total. The monoisotopic (exact) mass is 357 g/mol. The summed E-state index contributed by atoms with van der Waals surface area (Å²) in [4.78, 5) is 23.1. The van der Waals surface area contributed by atoms with Gasteiger partial charge in [0.1, 0.15) is 5.75 Å². The number of nitrogens with one attached hydrogen (secondary N) is 3. The van der Waals surface area contributed by atoms with Gasteiger partial charge in [0.25, 0.3) is 0 Å². The molecule has 0 aliphatic heterocycles. The van der Waals surface area contributed by atoms with Crippen LogP contribution in [0.25, 0.3) is 0 Å². The lowest BCUT2D eigenvalue weighted by atomic mass is 10.2. The molecule has 2 rings (SSSR count). The SMILES string of the molecule is COC(=O)Nc1cccc(NC(=O)NCCCOc2cccc(C)c2)c1. The highest BCUT2D eigenvalue weighted by atomic mass is 16.5. The molecule has 0 saturated carbocycles. The Bertz CT molecular complexity index is 749. The first kappa shape index (κ1) is 19.1. The van der Waals surface area contributed by atoms with Crippen LogP contribution in [-0.4, -0.2) is 32.4 Å². The molecule has 0 aromatic heterocycles. The van der Waals surface area contributed by atoms with Gasteiger partial charge in [0, 0.05) is 17.9 Å². The van der Waals surface area contributed by atoms with Crippen LogP contribution in [0.4, 0.5) is 21.0 Å². The van der Waals surface area contributed by atoms with Crippen LogP contribution in [0.15, 0.2) is 48.5 Å². The van der Waals surface area contributed by atoms with Gasteiger partial charge in [0.2, 0.25) is 0 Å². The molecule has 0 saturated heterocycles. The second-order valence-electron chi connectivity index (χ2n) is 5.60. The molecule has 0 heterocycles. The maximum absolute atomic E-state index is 11.9. The molecule has 2 aromatic carbocycles. The molecule has 138 valence electrons. The summed E-state index contributed by atoms with van der Waals surface area (Å²) < 4.78 is 10.2. The van der Waals surface area contributed by atoms with Crippen LogP contribution in [0.2, 0.25) is 0 Å². The fraction of sp³-hybridized carbons (Fsp3) is 0.263. The Kier molecular flexibility index (Phi) is 7.30. The van der Waals surface area contributed by atoms with Crippen LogP contribution >= 0.6 is 0 Å². The van der Waals surface area contributed by atoms with Crippen molar-refractivity contribution in [2.24, 2.45) is 0 Å². The van der Waals surface area contributed by atoms with Gasteiger partial charge in [-0.1, -0.05) is 18.2 Å². The Balaban J connectivity index is 1.68. The fourth-order valence-electron chi connectivity index (χ4n) is 2.19. The zero-order valence-electron chi connectivity index (χ0n) is 14.9. The van der Waals surface area contributed by atoms with Crippen LogP contribution < -0.4 is 20.7 Å². The number of benzene rings is 2. The summed E-state index contributed by atoms with van der Waals surface area (Å²) in [5.41, 5.74) is 2.23. The van der Waals surface area contributed by atoms with E-state index >= 15 is 0 Å². The van der Waals surface area contributed by atoms with Crippen molar-refractivity contribution < 1.29 is 19.1 Å². The normalized spacial score (nSPS) is 9.92. The number of hydrogen-bond donors (Lipinski definition) is 3. The molecule has 2 aromatic rings. The molecule has 0 radical (unpaired) electrons. The topological polar surface area (TPSA) is 88.7 Å². The van der Waals surface area contributed by atoms with Crippen molar-refractivity contribution in [2.45, 2.75) is 13.3 Å². The third-order valence-electron chi connectivity index (χ3n) is 3.42. The van der Waals surface area contributed by atoms with Crippen molar-refractivity contribution in [3.63, 3.8) is 0 Å². The van der Waals surface area contributed by atoms with Gasteiger partial charge in [0.15, 0.2) is 0 Å². The highest BCUT2D eigenvalue weighted by Gasteiger charge is 2.04. The fourth-order valence-corrected chi connectivity index (χ4v) is 2.19. The molecule has 3 N–H and O–H groups in total. The van der Waals surface area contributed by atoms with Gasteiger partial charge >= 0.3 is 12.1 Å². The Morgan fingerprint density at radius 3 is 2.46 bits per heavy atom. The molecule has 0 aliphatic carbocycles. The molecule has 26 heavy (non-hydrogen) atoms. The number of methoxy groups -OCH3 is 1. The molecule has 7 heteroatoms. The minimum atomic E-state index is -0.569. The molecule has 0 unspecified atom stereocenters. The number of urea groups is 1. The highest BCUT2D eigenvalue weighted by Crippen LogP contribution is 2.15.